The molecule has 3 heterocycles. The average molecular weight is 482 g/mol. The van der Waals surface area contributed by atoms with Crippen LogP contribution in [0.25, 0.3) is 37.2 Å². The number of hydrogen-bond acceptors (Lipinski definition) is 6. The maximum atomic E-state index is 13.8. The maximum Gasteiger partial charge on any atom is 0.298 e. The molecule has 1 N–H and O–H groups in total. The molecule has 6 rings (SSSR count). The van der Waals surface area contributed by atoms with Crippen LogP contribution in [0.2, 0.25) is 0 Å². The molecule has 6 aromatic rings. The zero-order valence-corrected chi connectivity index (χ0v) is 20.1. The molecule has 35 heavy (non-hydrogen) atoms. The zero-order chi connectivity index (χ0) is 24.1. The highest BCUT2D eigenvalue weighted by Gasteiger charge is 2.27. The van der Waals surface area contributed by atoms with Gasteiger partial charge in [-0.25, -0.2) is 4.98 Å². The van der Waals surface area contributed by atoms with Crippen LogP contribution in [0.4, 0.5) is 5.69 Å². The van der Waals surface area contributed by atoms with Crippen LogP contribution in [-0.4, -0.2) is 31.0 Å². The van der Waals surface area contributed by atoms with E-state index in [0.717, 1.165) is 26.8 Å². The lowest BCUT2D eigenvalue weighted by Gasteiger charge is -2.29. The molecule has 0 bridgehead atoms. The van der Waals surface area contributed by atoms with Crippen LogP contribution in [0.15, 0.2) is 83.7 Å². The molecule has 0 fully saturated rings. The number of aliphatic hydroxyl groups excluding tert-OH is 1. The molecule has 0 radical (unpaired) electrons. The van der Waals surface area contributed by atoms with Gasteiger partial charge in [0.25, 0.3) is 5.56 Å². The first kappa shape index (κ1) is 21.5. The molecule has 0 aliphatic rings. The van der Waals surface area contributed by atoms with Gasteiger partial charge in [-0.15, -0.1) is 0 Å². The van der Waals surface area contributed by atoms with Crippen LogP contribution in [0.5, 0.6) is 0 Å². The fourth-order valence-electron chi connectivity index (χ4n) is 4.73. The van der Waals surface area contributed by atoms with Crippen molar-refractivity contribution in [2.75, 3.05) is 11.4 Å². The Hall–Kier alpha value is -4.01. The van der Waals surface area contributed by atoms with Crippen molar-refractivity contribution in [2.45, 2.75) is 13.2 Å². The first-order chi connectivity index (χ1) is 17.1. The molecular formula is C27H23N5O2S. The average Bonchev–Trinajstić information content (AvgIpc) is 3.45. The third kappa shape index (κ3) is 3.33. The smallest absolute Gasteiger partial charge is 0.298 e. The van der Waals surface area contributed by atoms with Gasteiger partial charge in [0.15, 0.2) is 6.23 Å². The fourth-order valence-corrected chi connectivity index (χ4v) is 5.65. The molecule has 0 spiro atoms. The second-order valence-corrected chi connectivity index (χ2v) is 9.37. The van der Waals surface area contributed by atoms with E-state index in [4.69, 9.17) is 5.10 Å². The quantitative estimate of drug-likeness (QED) is 0.351. The molecule has 1 atom stereocenters. The predicted molar refractivity (Wildman–Crippen MR) is 141 cm³/mol. The Labute approximate surface area is 205 Å². The summed E-state index contributed by atoms with van der Waals surface area (Å²) in [7, 11) is 1.87. The minimum absolute atomic E-state index is 0.267. The monoisotopic (exact) mass is 481 g/mol. The summed E-state index contributed by atoms with van der Waals surface area (Å²) >= 11 is 1.40. The van der Waals surface area contributed by atoms with Crippen molar-refractivity contribution < 1.29 is 5.11 Å². The number of aromatic nitrogens is 4. The molecule has 3 aromatic carbocycles. The van der Waals surface area contributed by atoms with Crippen LogP contribution in [0.3, 0.4) is 0 Å². The molecule has 0 amide bonds. The van der Waals surface area contributed by atoms with Gasteiger partial charge < -0.3 is 14.6 Å². The highest BCUT2D eigenvalue weighted by molar-refractivity contribution is 7.20. The molecule has 3 aromatic heterocycles. The van der Waals surface area contributed by atoms with Crippen molar-refractivity contribution in [3.05, 3.63) is 94.9 Å². The Morgan fingerprint density at radius 3 is 2.49 bits per heavy atom. The largest absolute Gasteiger partial charge is 0.368 e. The van der Waals surface area contributed by atoms with E-state index < -0.39 is 6.23 Å². The standard InChI is InChI=1S/C27H23N5O2S/c1-3-31(17-11-5-4-6-12-17)25(33)23-22-18-13-7-9-15-20(18)30(2)24(22)26(34)32(29-23)27-28-19-14-8-10-16-21(19)35-27/h4-16,25,33H,3H2,1-2H3. The van der Waals surface area contributed by atoms with E-state index in [9.17, 15) is 9.90 Å². The van der Waals surface area contributed by atoms with Gasteiger partial charge in [0.2, 0.25) is 5.13 Å². The van der Waals surface area contributed by atoms with Crippen molar-refractivity contribution in [2.24, 2.45) is 7.05 Å². The van der Waals surface area contributed by atoms with E-state index in [0.29, 0.717) is 28.3 Å². The predicted octanol–water partition coefficient (Wildman–Crippen LogP) is 5.00. The van der Waals surface area contributed by atoms with Crippen molar-refractivity contribution in [1.29, 1.82) is 0 Å². The molecular weight excluding hydrogens is 458 g/mol. The Kier molecular flexibility index (Phi) is 5.12. The van der Waals surface area contributed by atoms with Crippen LogP contribution in [-0.2, 0) is 7.05 Å². The van der Waals surface area contributed by atoms with Crippen LogP contribution in [0, 0.1) is 0 Å². The summed E-state index contributed by atoms with van der Waals surface area (Å²) in [5.74, 6) is 0. The van der Waals surface area contributed by atoms with E-state index in [1.165, 1.54) is 16.0 Å². The Morgan fingerprint density at radius 2 is 1.71 bits per heavy atom. The molecule has 0 aliphatic carbocycles. The van der Waals surface area contributed by atoms with Gasteiger partial charge in [-0.3, -0.25) is 4.79 Å². The summed E-state index contributed by atoms with van der Waals surface area (Å²) in [6.07, 6.45) is -1.07. The number of rotatable bonds is 5. The van der Waals surface area contributed by atoms with Crippen molar-refractivity contribution in [3.63, 3.8) is 0 Å². The minimum Gasteiger partial charge on any atom is -0.368 e. The van der Waals surface area contributed by atoms with Gasteiger partial charge in [0, 0.05) is 35.6 Å². The van der Waals surface area contributed by atoms with Crippen LogP contribution in [0.1, 0.15) is 18.8 Å². The van der Waals surface area contributed by atoms with Gasteiger partial charge in [0.05, 0.1) is 10.2 Å². The number of aliphatic hydroxyl groups is 1. The van der Waals surface area contributed by atoms with Crippen molar-refractivity contribution >= 4 is 49.0 Å². The van der Waals surface area contributed by atoms with Gasteiger partial charge >= 0.3 is 0 Å². The van der Waals surface area contributed by atoms with E-state index in [1.54, 1.807) is 0 Å². The van der Waals surface area contributed by atoms with Gasteiger partial charge in [-0.2, -0.15) is 9.78 Å². The molecule has 174 valence electrons. The summed E-state index contributed by atoms with van der Waals surface area (Å²) in [5, 5.41) is 18.5. The highest BCUT2D eigenvalue weighted by atomic mass is 32.1. The molecule has 0 saturated carbocycles. The lowest BCUT2D eigenvalue weighted by Crippen LogP contribution is -2.32. The summed E-state index contributed by atoms with van der Waals surface area (Å²) in [6, 6.07) is 25.3. The molecule has 8 heteroatoms. The van der Waals surface area contributed by atoms with Gasteiger partial charge in [-0.1, -0.05) is 59.9 Å². The molecule has 7 nitrogen and oxygen atoms in total. The number of thiazole rings is 1. The number of para-hydroxylation sites is 3. The Balaban J connectivity index is 1.68. The summed E-state index contributed by atoms with van der Waals surface area (Å²) in [5.41, 5.74) is 3.21. The number of aryl methyl sites for hydroxylation is 1. The zero-order valence-electron chi connectivity index (χ0n) is 19.3. The van der Waals surface area contributed by atoms with Crippen LogP contribution < -0.4 is 10.5 Å². The van der Waals surface area contributed by atoms with E-state index in [1.807, 2.05) is 102 Å². The number of benzene rings is 3. The van der Waals surface area contributed by atoms with E-state index in [-0.39, 0.29) is 5.56 Å². The fraction of sp³-hybridized carbons (Fsp3) is 0.148. The van der Waals surface area contributed by atoms with Crippen LogP contribution >= 0.6 is 11.3 Å². The van der Waals surface area contributed by atoms with Gasteiger partial charge in [-0.05, 0) is 37.3 Å². The summed E-state index contributed by atoms with van der Waals surface area (Å²) in [4.78, 5) is 20.4. The second-order valence-electron chi connectivity index (χ2n) is 8.36. The lowest BCUT2D eigenvalue weighted by atomic mass is 10.1. The SMILES string of the molecule is CCN(c1ccccc1)C(O)c1nn(-c2nc3ccccc3s2)c(=O)c2c1c1ccccc1n2C. The second kappa shape index (κ2) is 8.33. The summed E-state index contributed by atoms with van der Waals surface area (Å²) < 4.78 is 4.19. The van der Waals surface area contributed by atoms with Crippen molar-refractivity contribution in [1.82, 2.24) is 19.3 Å². The first-order valence-corrected chi connectivity index (χ1v) is 12.3. The van der Waals surface area contributed by atoms with E-state index >= 15 is 0 Å². The number of hydrogen-bond donors (Lipinski definition) is 1. The number of anilines is 1. The Bertz CT molecular complexity index is 1720. The summed E-state index contributed by atoms with van der Waals surface area (Å²) in [6.45, 7) is 2.54. The topological polar surface area (TPSA) is 76.2 Å². The normalized spacial score (nSPS) is 12.5. The molecule has 0 saturated heterocycles. The maximum absolute atomic E-state index is 13.8. The third-order valence-electron chi connectivity index (χ3n) is 6.40. The lowest BCUT2D eigenvalue weighted by molar-refractivity contribution is 0.168. The minimum atomic E-state index is -1.07. The number of fused-ring (bicyclic) bond motifs is 4. The first-order valence-electron chi connectivity index (χ1n) is 11.4. The third-order valence-corrected chi connectivity index (χ3v) is 7.41. The molecule has 0 aliphatic heterocycles. The Morgan fingerprint density at radius 1 is 1.00 bits per heavy atom. The highest BCUT2D eigenvalue weighted by Crippen LogP contribution is 2.34. The van der Waals surface area contributed by atoms with Crippen molar-refractivity contribution in [3.8, 4) is 5.13 Å². The molecule has 1 unspecified atom stereocenters. The van der Waals surface area contributed by atoms with Gasteiger partial charge in [0.1, 0.15) is 11.2 Å². The number of nitrogens with zero attached hydrogens (tertiary/aromatic N) is 5. The van der Waals surface area contributed by atoms with E-state index in [2.05, 4.69) is 4.98 Å².